The Morgan fingerprint density at radius 2 is 2.47 bits per heavy atom. The van der Waals surface area contributed by atoms with Gasteiger partial charge in [0.1, 0.15) is 0 Å². The zero-order valence-electron chi connectivity index (χ0n) is 9.36. The van der Waals surface area contributed by atoms with Gasteiger partial charge in [-0.3, -0.25) is 4.79 Å². The molecule has 1 aliphatic heterocycles. The molecule has 0 bridgehead atoms. The predicted molar refractivity (Wildman–Crippen MR) is 73.0 cm³/mol. The lowest BCUT2D eigenvalue weighted by molar-refractivity contribution is 0.0952. The molecule has 5 heteroatoms. The molecule has 1 saturated heterocycles. The summed E-state index contributed by atoms with van der Waals surface area (Å²) in [6.07, 6.45) is 1.17. The van der Waals surface area contributed by atoms with Crippen LogP contribution in [0.2, 0.25) is 0 Å². The van der Waals surface area contributed by atoms with Gasteiger partial charge in [-0.25, -0.2) is 0 Å². The predicted octanol–water partition coefficient (Wildman–Crippen LogP) is 2.30. The first-order valence-corrected chi connectivity index (χ1v) is 7.48. The zero-order chi connectivity index (χ0) is 11.7. The molecular formula is C12H14N2OS2. The summed E-state index contributed by atoms with van der Waals surface area (Å²) in [6, 6.07) is 4.06. The Morgan fingerprint density at radius 1 is 1.53 bits per heavy atom. The van der Waals surface area contributed by atoms with E-state index in [1.165, 1.54) is 15.8 Å². The molecular weight excluding hydrogens is 252 g/mol. The first-order valence-electron chi connectivity index (χ1n) is 5.79. The van der Waals surface area contributed by atoms with Crippen LogP contribution in [0.15, 0.2) is 17.5 Å². The third-order valence-electron chi connectivity index (χ3n) is 3.08. The molecule has 1 atom stereocenters. The molecule has 1 amide bonds. The lowest BCUT2D eigenvalue weighted by Crippen LogP contribution is -2.29. The molecule has 90 valence electrons. The summed E-state index contributed by atoms with van der Waals surface area (Å²) < 4.78 is 2.42. The highest BCUT2D eigenvalue weighted by atomic mass is 32.1. The Labute approximate surface area is 108 Å². The number of carbonyl (C=O) groups is 1. The molecule has 0 radical (unpaired) electrons. The van der Waals surface area contributed by atoms with E-state index in [9.17, 15) is 4.79 Å². The smallest absolute Gasteiger partial charge is 0.261 e. The number of fused-ring (bicyclic) bond motifs is 1. The Bertz CT molecular complexity index is 497. The molecule has 1 fully saturated rings. The van der Waals surface area contributed by atoms with Crippen LogP contribution in [-0.4, -0.2) is 25.5 Å². The molecule has 1 unspecified atom stereocenters. The molecule has 0 aliphatic carbocycles. The van der Waals surface area contributed by atoms with Crippen LogP contribution >= 0.6 is 22.7 Å². The molecule has 0 saturated carbocycles. The van der Waals surface area contributed by atoms with Crippen molar-refractivity contribution in [3.63, 3.8) is 0 Å². The van der Waals surface area contributed by atoms with E-state index in [1.807, 2.05) is 6.07 Å². The Morgan fingerprint density at radius 3 is 3.24 bits per heavy atom. The zero-order valence-corrected chi connectivity index (χ0v) is 11.0. The van der Waals surface area contributed by atoms with Crippen LogP contribution < -0.4 is 10.6 Å². The summed E-state index contributed by atoms with van der Waals surface area (Å²) in [7, 11) is 0. The van der Waals surface area contributed by atoms with Crippen LogP contribution in [0.3, 0.4) is 0 Å². The van der Waals surface area contributed by atoms with Crippen LogP contribution in [0.1, 0.15) is 16.1 Å². The molecule has 2 aromatic heterocycles. The Balaban J connectivity index is 1.63. The van der Waals surface area contributed by atoms with Crippen molar-refractivity contribution in [3.8, 4) is 0 Å². The van der Waals surface area contributed by atoms with Crippen molar-refractivity contribution in [1.29, 1.82) is 0 Å². The number of hydrogen-bond donors (Lipinski definition) is 2. The van der Waals surface area contributed by atoms with E-state index >= 15 is 0 Å². The average molecular weight is 266 g/mol. The summed E-state index contributed by atoms with van der Waals surface area (Å²) in [5.41, 5.74) is 0. The summed E-state index contributed by atoms with van der Waals surface area (Å²) in [5, 5.41) is 8.40. The van der Waals surface area contributed by atoms with Gasteiger partial charge >= 0.3 is 0 Å². The maximum absolute atomic E-state index is 12.0. The fourth-order valence-electron chi connectivity index (χ4n) is 2.09. The normalized spacial score (nSPS) is 19.9. The molecule has 3 rings (SSSR count). The minimum absolute atomic E-state index is 0.0744. The lowest BCUT2D eigenvalue weighted by Gasteiger charge is -2.08. The van der Waals surface area contributed by atoms with Crippen LogP contribution in [0.4, 0.5) is 0 Å². The molecule has 1 aliphatic rings. The quantitative estimate of drug-likeness (QED) is 0.895. The van der Waals surface area contributed by atoms with E-state index in [4.69, 9.17) is 0 Å². The second-order valence-electron chi connectivity index (χ2n) is 4.33. The van der Waals surface area contributed by atoms with E-state index in [2.05, 4.69) is 22.1 Å². The van der Waals surface area contributed by atoms with Gasteiger partial charge < -0.3 is 10.6 Å². The van der Waals surface area contributed by atoms with E-state index in [1.54, 1.807) is 22.7 Å². The fraction of sp³-hybridized carbons (Fsp3) is 0.417. The minimum Gasteiger partial charge on any atom is -0.351 e. The first-order chi connectivity index (χ1) is 8.33. The highest BCUT2D eigenvalue weighted by Crippen LogP contribution is 2.29. The van der Waals surface area contributed by atoms with Crippen LogP contribution in [-0.2, 0) is 0 Å². The van der Waals surface area contributed by atoms with Gasteiger partial charge in [-0.15, -0.1) is 22.7 Å². The number of thiophene rings is 2. The summed E-state index contributed by atoms with van der Waals surface area (Å²) in [5.74, 6) is 0.672. The number of nitrogens with one attached hydrogen (secondary N) is 2. The lowest BCUT2D eigenvalue weighted by atomic mass is 10.1. The maximum Gasteiger partial charge on any atom is 0.261 e. The second kappa shape index (κ2) is 4.76. The molecule has 2 N–H and O–H groups in total. The van der Waals surface area contributed by atoms with E-state index in [0.29, 0.717) is 5.92 Å². The van der Waals surface area contributed by atoms with Crippen molar-refractivity contribution in [2.75, 3.05) is 19.6 Å². The maximum atomic E-state index is 12.0. The van der Waals surface area contributed by atoms with Crippen LogP contribution in [0.25, 0.3) is 9.40 Å². The topological polar surface area (TPSA) is 41.1 Å². The molecule has 0 spiro atoms. The van der Waals surface area contributed by atoms with Crippen molar-refractivity contribution >= 4 is 38.0 Å². The first kappa shape index (κ1) is 11.2. The second-order valence-corrected chi connectivity index (χ2v) is 6.36. The monoisotopic (exact) mass is 266 g/mol. The molecule has 0 aromatic carbocycles. The number of carbonyl (C=O) groups excluding carboxylic acids is 1. The van der Waals surface area contributed by atoms with Gasteiger partial charge in [0.05, 0.1) is 4.88 Å². The Kier molecular flexibility index (Phi) is 3.13. The Hall–Kier alpha value is -0.910. The van der Waals surface area contributed by atoms with Crippen molar-refractivity contribution < 1.29 is 4.79 Å². The van der Waals surface area contributed by atoms with Crippen molar-refractivity contribution in [1.82, 2.24) is 10.6 Å². The number of amides is 1. The van der Waals surface area contributed by atoms with Crippen molar-refractivity contribution in [3.05, 3.63) is 22.4 Å². The van der Waals surface area contributed by atoms with E-state index < -0.39 is 0 Å². The summed E-state index contributed by atoms with van der Waals surface area (Å²) >= 11 is 3.27. The third-order valence-corrected chi connectivity index (χ3v) is 5.17. The highest BCUT2D eigenvalue weighted by Gasteiger charge is 2.16. The van der Waals surface area contributed by atoms with Gasteiger partial charge in [0, 0.05) is 15.9 Å². The highest BCUT2D eigenvalue weighted by molar-refractivity contribution is 7.27. The van der Waals surface area contributed by atoms with Gasteiger partial charge in [-0.2, -0.15) is 0 Å². The average Bonchev–Trinajstić information content (AvgIpc) is 3.01. The van der Waals surface area contributed by atoms with Gasteiger partial charge in [0.15, 0.2) is 0 Å². The summed E-state index contributed by atoms with van der Waals surface area (Å²) in [4.78, 5) is 12.8. The fourth-order valence-corrected chi connectivity index (χ4v) is 4.12. The van der Waals surface area contributed by atoms with E-state index in [0.717, 1.165) is 24.5 Å². The number of rotatable bonds is 3. The molecule has 17 heavy (non-hydrogen) atoms. The molecule has 3 heterocycles. The third kappa shape index (κ3) is 2.36. The van der Waals surface area contributed by atoms with Gasteiger partial charge in [0.25, 0.3) is 5.91 Å². The van der Waals surface area contributed by atoms with E-state index in [-0.39, 0.29) is 5.91 Å². The van der Waals surface area contributed by atoms with Gasteiger partial charge in [-0.1, -0.05) is 0 Å². The van der Waals surface area contributed by atoms with Crippen molar-refractivity contribution in [2.45, 2.75) is 6.42 Å². The molecule has 3 nitrogen and oxygen atoms in total. The minimum atomic E-state index is 0.0744. The molecule has 2 aromatic rings. The SMILES string of the molecule is O=C(NCC1CCNC1)c1cc2sccc2s1. The van der Waals surface area contributed by atoms with Gasteiger partial charge in [0.2, 0.25) is 0 Å². The number of hydrogen-bond acceptors (Lipinski definition) is 4. The van der Waals surface area contributed by atoms with Crippen LogP contribution in [0.5, 0.6) is 0 Å². The summed E-state index contributed by atoms with van der Waals surface area (Å²) in [6.45, 7) is 2.90. The van der Waals surface area contributed by atoms with Crippen molar-refractivity contribution in [2.24, 2.45) is 5.92 Å². The standard InChI is InChI=1S/C12H14N2OS2/c15-12(14-7-8-1-3-13-6-8)11-5-10-9(17-11)2-4-16-10/h2,4-5,8,13H,1,3,6-7H2,(H,14,15). The largest absolute Gasteiger partial charge is 0.351 e. The van der Waals surface area contributed by atoms with Gasteiger partial charge in [-0.05, 0) is 42.9 Å². The van der Waals surface area contributed by atoms with Crippen LogP contribution in [0, 0.1) is 5.92 Å².